The van der Waals surface area contributed by atoms with E-state index in [-0.39, 0.29) is 23.8 Å². The molecule has 0 saturated carbocycles. The molecule has 5 heteroatoms. The van der Waals surface area contributed by atoms with Crippen LogP contribution in [0.25, 0.3) is 0 Å². The van der Waals surface area contributed by atoms with Gasteiger partial charge < -0.3 is 15.0 Å². The third-order valence-corrected chi connectivity index (χ3v) is 6.05. The third-order valence-electron chi connectivity index (χ3n) is 6.05. The van der Waals surface area contributed by atoms with E-state index in [1.807, 2.05) is 47.4 Å². The Kier molecular flexibility index (Phi) is 7.17. The van der Waals surface area contributed by atoms with Gasteiger partial charge >= 0.3 is 0 Å². The van der Waals surface area contributed by atoms with E-state index in [0.717, 1.165) is 41.8 Å². The molecule has 4 nitrogen and oxygen atoms in total. The summed E-state index contributed by atoms with van der Waals surface area (Å²) in [5.41, 5.74) is 3.13. The molecule has 0 bridgehead atoms. The Bertz CT molecular complexity index is 1010. The quantitative estimate of drug-likeness (QED) is 0.603. The first kappa shape index (κ1) is 22.0. The molecule has 0 unspecified atom stereocenters. The molecule has 4 rings (SSSR count). The van der Waals surface area contributed by atoms with Crippen molar-refractivity contribution in [3.63, 3.8) is 0 Å². The van der Waals surface area contributed by atoms with Crippen molar-refractivity contribution in [2.45, 2.75) is 37.9 Å². The topological polar surface area (TPSA) is 41.6 Å². The van der Waals surface area contributed by atoms with Gasteiger partial charge in [-0.2, -0.15) is 0 Å². The maximum absolute atomic E-state index is 13.8. The van der Waals surface area contributed by atoms with E-state index in [1.54, 1.807) is 19.2 Å². The summed E-state index contributed by atoms with van der Waals surface area (Å²) in [5, 5.41) is 3.46. The van der Waals surface area contributed by atoms with Gasteiger partial charge in [-0.1, -0.05) is 54.6 Å². The summed E-state index contributed by atoms with van der Waals surface area (Å²) in [4.78, 5) is 15.8. The summed E-state index contributed by atoms with van der Waals surface area (Å²) < 4.78 is 18.8. The fraction of sp³-hybridized carbons (Fsp3) is 0.296. The number of amides is 1. The largest absolute Gasteiger partial charge is 0.497 e. The molecule has 1 heterocycles. The number of nitrogens with zero attached hydrogens (tertiary/aromatic N) is 1. The van der Waals surface area contributed by atoms with Crippen LogP contribution in [0.1, 0.15) is 35.6 Å². The van der Waals surface area contributed by atoms with Crippen LogP contribution in [0.4, 0.5) is 4.39 Å². The van der Waals surface area contributed by atoms with E-state index in [4.69, 9.17) is 4.74 Å². The number of hydrogen-bond donors (Lipinski definition) is 1. The lowest BCUT2D eigenvalue weighted by atomic mass is 9.95. The van der Waals surface area contributed by atoms with Crippen molar-refractivity contribution >= 4 is 5.91 Å². The zero-order valence-electron chi connectivity index (χ0n) is 18.3. The van der Waals surface area contributed by atoms with E-state index in [0.29, 0.717) is 13.0 Å². The molecule has 1 saturated heterocycles. The summed E-state index contributed by atoms with van der Waals surface area (Å²) in [7, 11) is 1.65. The van der Waals surface area contributed by atoms with Crippen molar-refractivity contribution in [3.05, 3.63) is 101 Å². The lowest BCUT2D eigenvalue weighted by molar-refractivity contribution is -0.137. The van der Waals surface area contributed by atoms with Crippen LogP contribution in [0.5, 0.6) is 5.75 Å². The summed E-state index contributed by atoms with van der Waals surface area (Å²) in [6.07, 6.45) is 2.44. The van der Waals surface area contributed by atoms with Gasteiger partial charge in [-0.3, -0.25) is 4.79 Å². The first-order valence-corrected chi connectivity index (χ1v) is 11.1. The molecule has 0 spiro atoms. The Morgan fingerprint density at radius 1 is 0.969 bits per heavy atom. The SMILES string of the molecule is COc1ccc([C@H]2CCCN[C@H](Cc3ccccc3)C(=O)N2Cc2ccc(F)cc2)cc1. The molecule has 0 aromatic heterocycles. The van der Waals surface area contributed by atoms with Gasteiger partial charge in [0.15, 0.2) is 0 Å². The van der Waals surface area contributed by atoms with Gasteiger partial charge in [0, 0.05) is 6.54 Å². The van der Waals surface area contributed by atoms with Crippen LogP contribution >= 0.6 is 0 Å². The smallest absolute Gasteiger partial charge is 0.240 e. The number of ether oxygens (including phenoxy) is 1. The lowest BCUT2D eigenvalue weighted by Gasteiger charge is -2.37. The molecule has 1 aliphatic rings. The van der Waals surface area contributed by atoms with Gasteiger partial charge in [0.1, 0.15) is 11.6 Å². The number of nitrogens with one attached hydrogen (secondary N) is 1. The van der Waals surface area contributed by atoms with E-state index >= 15 is 0 Å². The molecule has 1 N–H and O–H groups in total. The second-order valence-electron chi connectivity index (χ2n) is 8.22. The zero-order chi connectivity index (χ0) is 22.3. The molecule has 3 aromatic carbocycles. The van der Waals surface area contributed by atoms with Crippen LogP contribution in [0.3, 0.4) is 0 Å². The molecule has 32 heavy (non-hydrogen) atoms. The fourth-order valence-electron chi connectivity index (χ4n) is 4.33. The molecule has 1 amide bonds. The third kappa shape index (κ3) is 5.35. The Morgan fingerprint density at radius 3 is 2.38 bits per heavy atom. The molecule has 1 fully saturated rings. The van der Waals surface area contributed by atoms with Crippen molar-refractivity contribution in [2.75, 3.05) is 13.7 Å². The van der Waals surface area contributed by atoms with E-state index in [1.165, 1.54) is 12.1 Å². The number of halogens is 1. The van der Waals surface area contributed by atoms with Crippen molar-refractivity contribution in [1.29, 1.82) is 0 Å². The monoisotopic (exact) mass is 432 g/mol. The number of carbonyl (C=O) groups excluding carboxylic acids is 1. The van der Waals surface area contributed by atoms with Crippen molar-refractivity contribution in [3.8, 4) is 5.75 Å². The predicted octanol–water partition coefficient (Wildman–Crippen LogP) is 4.90. The molecular formula is C27H29FN2O2. The lowest BCUT2D eigenvalue weighted by Crippen LogP contribution is -2.50. The first-order chi connectivity index (χ1) is 15.6. The highest BCUT2D eigenvalue weighted by molar-refractivity contribution is 5.83. The van der Waals surface area contributed by atoms with Gasteiger partial charge in [-0.15, -0.1) is 0 Å². The highest BCUT2D eigenvalue weighted by atomic mass is 19.1. The average Bonchev–Trinajstić information content (AvgIpc) is 2.83. The average molecular weight is 433 g/mol. The summed E-state index contributed by atoms with van der Waals surface area (Å²) in [6.45, 7) is 1.23. The Hall–Kier alpha value is -3.18. The van der Waals surface area contributed by atoms with Gasteiger partial charge in [-0.25, -0.2) is 4.39 Å². The maximum Gasteiger partial charge on any atom is 0.240 e. The second kappa shape index (κ2) is 10.4. The normalized spacial score (nSPS) is 19.3. The fourth-order valence-corrected chi connectivity index (χ4v) is 4.33. The van der Waals surface area contributed by atoms with Crippen molar-refractivity contribution in [1.82, 2.24) is 10.2 Å². The van der Waals surface area contributed by atoms with Gasteiger partial charge in [-0.05, 0) is 66.8 Å². The summed E-state index contributed by atoms with van der Waals surface area (Å²) >= 11 is 0. The van der Waals surface area contributed by atoms with Crippen LogP contribution < -0.4 is 10.1 Å². The zero-order valence-corrected chi connectivity index (χ0v) is 18.3. The van der Waals surface area contributed by atoms with Crippen LogP contribution in [-0.4, -0.2) is 30.5 Å². The van der Waals surface area contributed by atoms with Crippen LogP contribution in [0.2, 0.25) is 0 Å². The predicted molar refractivity (Wildman–Crippen MR) is 124 cm³/mol. The standard InChI is InChI=1S/C27H29FN2O2/c1-32-24-15-11-22(12-16-24)26-8-5-17-29-25(18-20-6-3-2-4-7-20)27(31)30(26)19-21-9-13-23(28)14-10-21/h2-4,6-7,9-16,25-26,29H,5,8,17-19H2,1H3/t25-,26-/m1/s1. The first-order valence-electron chi connectivity index (χ1n) is 11.1. The van der Waals surface area contributed by atoms with Crippen LogP contribution in [-0.2, 0) is 17.8 Å². The highest BCUT2D eigenvalue weighted by Gasteiger charge is 2.32. The number of benzene rings is 3. The van der Waals surface area contributed by atoms with Gasteiger partial charge in [0.25, 0.3) is 0 Å². The minimum atomic E-state index is -0.307. The number of hydrogen-bond acceptors (Lipinski definition) is 3. The minimum Gasteiger partial charge on any atom is -0.497 e. The molecule has 3 aromatic rings. The van der Waals surface area contributed by atoms with E-state index < -0.39 is 0 Å². The summed E-state index contributed by atoms with van der Waals surface area (Å²) in [5.74, 6) is 0.585. The van der Waals surface area contributed by atoms with Gasteiger partial charge in [0.05, 0.1) is 19.2 Å². The highest BCUT2D eigenvalue weighted by Crippen LogP contribution is 2.31. The van der Waals surface area contributed by atoms with Gasteiger partial charge in [0.2, 0.25) is 5.91 Å². The number of rotatable bonds is 6. The molecule has 0 radical (unpaired) electrons. The number of methoxy groups -OCH3 is 1. The molecule has 166 valence electrons. The van der Waals surface area contributed by atoms with Crippen LogP contribution in [0.15, 0.2) is 78.9 Å². The van der Waals surface area contributed by atoms with Crippen LogP contribution in [0, 0.1) is 5.82 Å². The number of carbonyl (C=O) groups is 1. The molecule has 0 aliphatic carbocycles. The Labute approximate surface area is 189 Å². The van der Waals surface area contributed by atoms with Crippen molar-refractivity contribution in [2.24, 2.45) is 0 Å². The summed E-state index contributed by atoms with van der Waals surface area (Å²) in [6, 6.07) is 24.1. The maximum atomic E-state index is 13.8. The van der Waals surface area contributed by atoms with Crippen molar-refractivity contribution < 1.29 is 13.9 Å². The molecule has 2 atom stereocenters. The van der Waals surface area contributed by atoms with E-state index in [9.17, 15) is 9.18 Å². The minimum absolute atomic E-state index is 0.0566. The molecule has 1 aliphatic heterocycles. The molecular weight excluding hydrogens is 403 g/mol. The Balaban J connectivity index is 1.66. The van der Waals surface area contributed by atoms with E-state index in [2.05, 4.69) is 17.4 Å². The second-order valence-corrected chi connectivity index (χ2v) is 8.22. The Morgan fingerprint density at radius 2 is 1.69 bits per heavy atom.